The van der Waals surface area contributed by atoms with Gasteiger partial charge in [-0.2, -0.15) is 5.10 Å². The van der Waals surface area contributed by atoms with Gasteiger partial charge in [0.25, 0.3) is 5.69 Å². The fourth-order valence-corrected chi connectivity index (χ4v) is 4.95. The summed E-state index contributed by atoms with van der Waals surface area (Å²) < 4.78 is 17.1. The molecule has 0 spiro atoms. The number of nitro benzene ring substituents is 1. The lowest BCUT2D eigenvalue weighted by atomic mass is 10.0. The number of carbonyl (C=O) groups is 2. The van der Waals surface area contributed by atoms with E-state index in [1.165, 1.54) is 24.5 Å². The number of fused-ring (bicyclic) bond motifs is 2. The molecule has 0 aliphatic rings. The number of pyridine rings is 1. The topological polar surface area (TPSA) is 174 Å². The van der Waals surface area contributed by atoms with Crippen molar-refractivity contribution < 1.29 is 28.7 Å². The predicted octanol–water partition coefficient (Wildman–Crippen LogP) is 6.48. The standard InChI is InChI=1S/C33H36N6O7/c1-32(2,3)45-30(40)29-25-13-24(28(39(42)43)14-27(25)37-38-29)20-12-22(17-34-15-20)44-18-21(36-31(41)46-33(4,5)6)11-19-16-35-26-10-8-7-9-23(19)26/h7-10,12-17,21,35H,11,18H2,1-6H3,(H,36,41)(H,37,38)/t21-/m0/s1. The molecule has 1 atom stereocenters. The number of alkyl carbamates (subject to hydrolysis) is 1. The molecule has 0 fully saturated rings. The van der Waals surface area contributed by atoms with E-state index in [4.69, 9.17) is 14.2 Å². The highest BCUT2D eigenvalue weighted by molar-refractivity contribution is 6.04. The number of aromatic amines is 2. The van der Waals surface area contributed by atoms with Gasteiger partial charge in [-0.3, -0.25) is 20.2 Å². The number of ether oxygens (including phenoxy) is 3. The number of aromatic nitrogens is 4. The Hall–Kier alpha value is -5.46. The first-order valence-corrected chi connectivity index (χ1v) is 14.7. The number of hydrogen-bond donors (Lipinski definition) is 3. The summed E-state index contributed by atoms with van der Waals surface area (Å²) in [5, 5.41) is 23.1. The number of para-hydroxylation sites is 1. The van der Waals surface area contributed by atoms with E-state index in [0.29, 0.717) is 28.6 Å². The normalized spacial score (nSPS) is 12.6. The van der Waals surface area contributed by atoms with Gasteiger partial charge in [-0.1, -0.05) is 18.2 Å². The second-order valence-corrected chi connectivity index (χ2v) is 12.9. The smallest absolute Gasteiger partial charge is 0.408 e. The third-order valence-electron chi connectivity index (χ3n) is 6.81. The van der Waals surface area contributed by atoms with Crippen molar-refractivity contribution in [3.63, 3.8) is 0 Å². The monoisotopic (exact) mass is 628 g/mol. The Labute approximate surface area is 264 Å². The fourth-order valence-electron chi connectivity index (χ4n) is 4.95. The van der Waals surface area contributed by atoms with E-state index >= 15 is 0 Å². The molecule has 13 nitrogen and oxygen atoms in total. The van der Waals surface area contributed by atoms with Crippen molar-refractivity contribution in [3.05, 3.63) is 82.4 Å². The molecule has 13 heteroatoms. The van der Waals surface area contributed by atoms with Crippen LogP contribution in [0.2, 0.25) is 0 Å². The highest BCUT2D eigenvalue weighted by Gasteiger charge is 2.26. The number of esters is 1. The van der Waals surface area contributed by atoms with Crippen molar-refractivity contribution in [2.45, 2.75) is 65.2 Å². The Balaban J connectivity index is 1.43. The van der Waals surface area contributed by atoms with Gasteiger partial charge in [-0.25, -0.2) is 9.59 Å². The first-order valence-electron chi connectivity index (χ1n) is 14.7. The van der Waals surface area contributed by atoms with E-state index < -0.39 is 34.2 Å². The Morgan fingerprint density at radius 2 is 1.72 bits per heavy atom. The lowest BCUT2D eigenvalue weighted by molar-refractivity contribution is -0.384. The number of benzene rings is 2. The van der Waals surface area contributed by atoms with Crippen molar-refractivity contribution in [2.24, 2.45) is 0 Å². The van der Waals surface area contributed by atoms with Crippen LogP contribution in [0.1, 0.15) is 57.6 Å². The van der Waals surface area contributed by atoms with E-state index in [0.717, 1.165) is 16.5 Å². The summed E-state index contributed by atoms with van der Waals surface area (Å²) >= 11 is 0. The molecular weight excluding hydrogens is 592 g/mol. The van der Waals surface area contributed by atoms with Crippen LogP contribution in [0.4, 0.5) is 10.5 Å². The zero-order chi connectivity index (χ0) is 33.2. The minimum absolute atomic E-state index is 0.00905. The molecule has 0 unspecified atom stereocenters. The molecule has 2 aromatic carbocycles. The number of rotatable bonds is 9. The van der Waals surface area contributed by atoms with Crippen molar-refractivity contribution in [2.75, 3.05) is 6.61 Å². The number of nitrogens with zero attached hydrogens (tertiary/aromatic N) is 3. The van der Waals surface area contributed by atoms with Crippen molar-refractivity contribution in [1.29, 1.82) is 0 Å². The summed E-state index contributed by atoms with van der Waals surface area (Å²) in [7, 11) is 0. The van der Waals surface area contributed by atoms with Gasteiger partial charge in [-0.05, 0) is 71.7 Å². The highest BCUT2D eigenvalue weighted by atomic mass is 16.6. The molecule has 46 heavy (non-hydrogen) atoms. The van der Waals surface area contributed by atoms with Crippen LogP contribution >= 0.6 is 0 Å². The van der Waals surface area contributed by atoms with Crippen LogP contribution in [-0.4, -0.2) is 61.0 Å². The predicted molar refractivity (Wildman–Crippen MR) is 172 cm³/mol. The van der Waals surface area contributed by atoms with Crippen LogP contribution in [-0.2, 0) is 15.9 Å². The molecule has 0 aliphatic heterocycles. The number of hydrogen-bond acceptors (Lipinski definition) is 9. The molecule has 5 aromatic rings. The summed E-state index contributed by atoms with van der Waals surface area (Å²) in [5.74, 6) is -0.339. The third-order valence-corrected chi connectivity index (χ3v) is 6.81. The molecule has 1 amide bonds. The van der Waals surface area contributed by atoms with Crippen molar-refractivity contribution >= 4 is 39.6 Å². The van der Waals surface area contributed by atoms with Crippen LogP contribution in [0.5, 0.6) is 5.75 Å². The Kier molecular flexibility index (Phi) is 8.68. The van der Waals surface area contributed by atoms with Gasteiger partial charge in [0, 0.05) is 40.3 Å². The largest absolute Gasteiger partial charge is 0.490 e. The van der Waals surface area contributed by atoms with Gasteiger partial charge in [-0.15, -0.1) is 0 Å². The van der Waals surface area contributed by atoms with Gasteiger partial charge in [0.2, 0.25) is 0 Å². The number of nitrogens with one attached hydrogen (secondary N) is 3. The van der Waals surface area contributed by atoms with E-state index in [-0.39, 0.29) is 23.6 Å². The Bertz CT molecular complexity index is 1920. The lowest BCUT2D eigenvalue weighted by Gasteiger charge is -2.24. The average molecular weight is 629 g/mol. The quantitative estimate of drug-likeness (QED) is 0.0937. The molecule has 5 rings (SSSR count). The van der Waals surface area contributed by atoms with Crippen LogP contribution in [0, 0.1) is 10.1 Å². The summed E-state index contributed by atoms with van der Waals surface area (Å²) in [6.45, 7) is 10.6. The number of amides is 1. The molecule has 0 saturated carbocycles. The third kappa shape index (κ3) is 7.60. The van der Waals surface area contributed by atoms with Crippen LogP contribution in [0.25, 0.3) is 32.9 Å². The van der Waals surface area contributed by atoms with E-state index in [1.807, 2.05) is 30.5 Å². The first kappa shape index (κ1) is 31.9. The maximum atomic E-state index is 12.8. The zero-order valence-electron chi connectivity index (χ0n) is 26.5. The number of H-pyrrole nitrogens is 2. The average Bonchev–Trinajstić information content (AvgIpc) is 3.57. The minimum atomic E-state index is -0.758. The summed E-state index contributed by atoms with van der Waals surface area (Å²) in [4.78, 5) is 44.6. The maximum Gasteiger partial charge on any atom is 0.408 e. The van der Waals surface area contributed by atoms with E-state index in [9.17, 15) is 19.7 Å². The molecular formula is C33H36N6O7. The molecule has 0 saturated heterocycles. The summed E-state index contributed by atoms with van der Waals surface area (Å²) in [6.07, 6.45) is 4.70. The Morgan fingerprint density at radius 3 is 2.43 bits per heavy atom. The first-order chi connectivity index (χ1) is 21.7. The molecule has 3 N–H and O–H groups in total. The van der Waals surface area contributed by atoms with Gasteiger partial charge < -0.3 is 24.5 Å². The zero-order valence-corrected chi connectivity index (χ0v) is 26.5. The molecule has 240 valence electrons. The molecule has 3 heterocycles. The second-order valence-electron chi connectivity index (χ2n) is 12.9. The maximum absolute atomic E-state index is 12.8. The highest BCUT2D eigenvalue weighted by Crippen LogP contribution is 2.36. The van der Waals surface area contributed by atoms with Crippen LogP contribution in [0.15, 0.2) is 61.1 Å². The second kappa shape index (κ2) is 12.5. The van der Waals surface area contributed by atoms with Crippen LogP contribution < -0.4 is 10.1 Å². The van der Waals surface area contributed by atoms with Gasteiger partial charge in [0.05, 0.1) is 28.2 Å². The minimum Gasteiger partial charge on any atom is -0.490 e. The molecule has 0 bridgehead atoms. The lowest BCUT2D eigenvalue weighted by Crippen LogP contribution is -2.43. The molecule has 0 radical (unpaired) electrons. The van der Waals surface area contributed by atoms with Crippen molar-refractivity contribution in [3.8, 4) is 16.9 Å². The summed E-state index contributed by atoms with van der Waals surface area (Å²) in [6, 6.07) is 11.8. The number of nitro groups is 1. The van der Waals surface area contributed by atoms with E-state index in [2.05, 4.69) is 25.5 Å². The fraction of sp³-hybridized carbons (Fsp3) is 0.333. The molecule has 0 aliphatic carbocycles. The Morgan fingerprint density at radius 1 is 0.978 bits per heavy atom. The molecule has 3 aromatic heterocycles. The van der Waals surface area contributed by atoms with Crippen LogP contribution in [0.3, 0.4) is 0 Å². The SMILES string of the molecule is CC(C)(C)OC(=O)N[C@H](COc1cncc(-c2cc3c(C(=O)OC(C)(C)C)n[nH]c3cc2[N+](=O)[O-])c1)Cc1c[nH]c2ccccc12. The van der Waals surface area contributed by atoms with Crippen molar-refractivity contribution in [1.82, 2.24) is 25.5 Å². The van der Waals surface area contributed by atoms with Gasteiger partial charge in [0.1, 0.15) is 23.6 Å². The van der Waals surface area contributed by atoms with Gasteiger partial charge >= 0.3 is 12.1 Å². The van der Waals surface area contributed by atoms with E-state index in [1.54, 1.807) is 47.6 Å². The number of carbonyl (C=O) groups excluding carboxylic acids is 2. The van der Waals surface area contributed by atoms with Gasteiger partial charge in [0.15, 0.2) is 5.69 Å². The summed E-state index contributed by atoms with van der Waals surface area (Å²) in [5.41, 5.74) is 1.21.